The van der Waals surface area contributed by atoms with Crippen molar-refractivity contribution in [1.82, 2.24) is 4.98 Å². The SMILES string of the molecule is COCC1CCCN(c2ncc(C(=O)OC)s2)C1. The maximum Gasteiger partial charge on any atom is 0.349 e. The lowest BCUT2D eigenvalue weighted by atomic mass is 9.99. The molecule has 0 N–H and O–H groups in total. The second kappa shape index (κ2) is 6.15. The first-order valence-corrected chi connectivity index (χ1v) is 6.84. The molecule has 1 aromatic rings. The van der Waals surface area contributed by atoms with Gasteiger partial charge >= 0.3 is 5.97 Å². The van der Waals surface area contributed by atoms with Crippen LogP contribution in [0.25, 0.3) is 0 Å². The number of carbonyl (C=O) groups excluding carboxylic acids is 1. The number of anilines is 1. The number of nitrogens with zero attached hydrogens (tertiary/aromatic N) is 2. The number of hydrogen-bond donors (Lipinski definition) is 0. The molecule has 1 saturated heterocycles. The van der Waals surface area contributed by atoms with Gasteiger partial charge < -0.3 is 14.4 Å². The van der Waals surface area contributed by atoms with E-state index >= 15 is 0 Å². The van der Waals surface area contributed by atoms with Crippen molar-refractivity contribution in [2.24, 2.45) is 5.92 Å². The monoisotopic (exact) mass is 270 g/mol. The minimum atomic E-state index is -0.316. The number of rotatable bonds is 4. The zero-order chi connectivity index (χ0) is 13.0. The van der Waals surface area contributed by atoms with Crippen LogP contribution in [-0.4, -0.2) is 44.9 Å². The third-order valence-corrected chi connectivity index (χ3v) is 4.11. The van der Waals surface area contributed by atoms with Gasteiger partial charge in [0, 0.05) is 20.2 Å². The number of hydrogen-bond acceptors (Lipinski definition) is 6. The van der Waals surface area contributed by atoms with Crippen molar-refractivity contribution in [1.29, 1.82) is 0 Å². The number of aromatic nitrogens is 1. The molecule has 5 nitrogen and oxygen atoms in total. The Morgan fingerprint density at radius 3 is 3.17 bits per heavy atom. The smallest absolute Gasteiger partial charge is 0.349 e. The highest BCUT2D eigenvalue weighted by Crippen LogP contribution is 2.27. The Labute approximate surface area is 111 Å². The fourth-order valence-electron chi connectivity index (χ4n) is 2.22. The zero-order valence-electron chi connectivity index (χ0n) is 10.7. The van der Waals surface area contributed by atoms with Gasteiger partial charge in [-0.25, -0.2) is 9.78 Å². The number of piperidine rings is 1. The average molecular weight is 270 g/mol. The summed E-state index contributed by atoms with van der Waals surface area (Å²) < 4.78 is 9.90. The molecule has 6 heteroatoms. The molecule has 0 spiro atoms. The summed E-state index contributed by atoms with van der Waals surface area (Å²) in [4.78, 5) is 18.5. The van der Waals surface area contributed by atoms with E-state index in [9.17, 15) is 4.79 Å². The van der Waals surface area contributed by atoms with Gasteiger partial charge in [-0.15, -0.1) is 0 Å². The molecule has 2 rings (SSSR count). The Kier molecular flexibility index (Phi) is 4.54. The Bertz CT molecular complexity index is 406. The van der Waals surface area contributed by atoms with Gasteiger partial charge in [-0.3, -0.25) is 0 Å². The van der Waals surface area contributed by atoms with Crippen molar-refractivity contribution >= 4 is 22.4 Å². The van der Waals surface area contributed by atoms with Gasteiger partial charge in [-0.2, -0.15) is 0 Å². The maximum atomic E-state index is 11.4. The number of esters is 1. The fraction of sp³-hybridized carbons (Fsp3) is 0.667. The standard InChI is InChI=1S/C12H18N2O3S/c1-16-8-9-4-3-5-14(7-9)12-13-6-10(18-12)11(15)17-2/h6,9H,3-5,7-8H2,1-2H3. The normalized spacial score (nSPS) is 19.9. The molecule has 1 aliphatic rings. The summed E-state index contributed by atoms with van der Waals surface area (Å²) in [5.41, 5.74) is 0. The van der Waals surface area contributed by atoms with Crippen LogP contribution in [0.2, 0.25) is 0 Å². The van der Waals surface area contributed by atoms with Gasteiger partial charge in [-0.05, 0) is 18.8 Å². The predicted octanol–water partition coefficient (Wildman–Crippen LogP) is 1.79. The Morgan fingerprint density at radius 2 is 2.44 bits per heavy atom. The van der Waals surface area contributed by atoms with Crippen LogP contribution in [0, 0.1) is 5.92 Å². The first-order chi connectivity index (χ1) is 8.74. The first-order valence-electron chi connectivity index (χ1n) is 6.02. The third kappa shape index (κ3) is 3.00. The highest BCUT2D eigenvalue weighted by atomic mass is 32.1. The summed E-state index contributed by atoms with van der Waals surface area (Å²) in [6.07, 6.45) is 3.92. The molecule has 0 amide bonds. The molecule has 18 heavy (non-hydrogen) atoms. The lowest BCUT2D eigenvalue weighted by Crippen LogP contribution is -2.37. The Balaban J connectivity index is 2.02. The summed E-state index contributed by atoms with van der Waals surface area (Å²) in [6, 6.07) is 0. The van der Waals surface area contributed by atoms with Gasteiger partial charge in [0.25, 0.3) is 0 Å². The van der Waals surface area contributed by atoms with E-state index in [1.807, 2.05) is 0 Å². The van der Waals surface area contributed by atoms with Crippen molar-refractivity contribution in [2.75, 3.05) is 38.8 Å². The molecular formula is C12H18N2O3S. The number of thiazole rings is 1. The van der Waals surface area contributed by atoms with E-state index in [0.29, 0.717) is 10.8 Å². The van der Waals surface area contributed by atoms with Crippen LogP contribution in [0.15, 0.2) is 6.20 Å². The van der Waals surface area contributed by atoms with Gasteiger partial charge in [0.2, 0.25) is 0 Å². The highest BCUT2D eigenvalue weighted by Gasteiger charge is 2.23. The van der Waals surface area contributed by atoms with Gasteiger partial charge in [0.1, 0.15) is 4.88 Å². The molecule has 0 radical (unpaired) electrons. The average Bonchev–Trinajstić information content (AvgIpc) is 2.88. The molecule has 1 atom stereocenters. The molecular weight excluding hydrogens is 252 g/mol. The minimum Gasteiger partial charge on any atom is -0.465 e. The summed E-state index contributed by atoms with van der Waals surface area (Å²) in [5.74, 6) is 0.235. The third-order valence-electron chi connectivity index (χ3n) is 3.07. The topological polar surface area (TPSA) is 51.7 Å². The maximum absolute atomic E-state index is 11.4. The number of carbonyl (C=O) groups is 1. The number of methoxy groups -OCH3 is 2. The second-order valence-corrected chi connectivity index (χ2v) is 5.42. The van der Waals surface area contributed by atoms with Crippen molar-refractivity contribution < 1.29 is 14.3 Å². The molecule has 1 aromatic heterocycles. The van der Waals surface area contributed by atoms with Crippen molar-refractivity contribution in [3.63, 3.8) is 0 Å². The molecule has 1 aliphatic heterocycles. The largest absolute Gasteiger partial charge is 0.465 e. The molecule has 1 unspecified atom stereocenters. The van der Waals surface area contributed by atoms with E-state index in [-0.39, 0.29) is 5.97 Å². The predicted molar refractivity (Wildman–Crippen MR) is 70.3 cm³/mol. The van der Waals surface area contributed by atoms with Crippen LogP contribution < -0.4 is 4.90 Å². The van der Waals surface area contributed by atoms with Crippen LogP contribution in [-0.2, 0) is 9.47 Å². The molecule has 0 bridgehead atoms. The Hall–Kier alpha value is -1.14. The van der Waals surface area contributed by atoms with E-state index in [4.69, 9.17) is 4.74 Å². The molecule has 0 aliphatic carbocycles. The molecule has 0 saturated carbocycles. The fourth-order valence-corrected chi connectivity index (χ4v) is 3.09. The van der Waals surface area contributed by atoms with Crippen molar-refractivity contribution in [2.45, 2.75) is 12.8 Å². The summed E-state index contributed by atoms with van der Waals surface area (Å²) in [5, 5.41) is 0.899. The van der Waals surface area contributed by atoms with E-state index in [2.05, 4.69) is 14.6 Å². The van der Waals surface area contributed by atoms with Crippen LogP contribution in [0.1, 0.15) is 22.5 Å². The lowest BCUT2D eigenvalue weighted by Gasteiger charge is -2.32. The van der Waals surface area contributed by atoms with Crippen molar-refractivity contribution in [3.05, 3.63) is 11.1 Å². The van der Waals surface area contributed by atoms with Gasteiger partial charge in [0.15, 0.2) is 5.13 Å². The summed E-state index contributed by atoms with van der Waals surface area (Å²) in [6.45, 7) is 2.72. The lowest BCUT2D eigenvalue weighted by molar-refractivity contribution is 0.0606. The van der Waals surface area contributed by atoms with E-state index in [0.717, 1.165) is 31.2 Å². The van der Waals surface area contributed by atoms with Gasteiger partial charge in [-0.1, -0.05) is 11.3 Å². The zero-order valence-corrected chi connectivity index (χ0v) is 11.5. The highest BCUT2D eigenvalue weighted by molar-refractivity contribution is 7.17. The quantitative estimate of drug-likeness (QED) is 0.781. The minimum absolute atomic E-state index is 0.316. The Morgan fingerprint density at radius 1 is 1.61 bits per heavy atom. The first kappa shape index (κ1) is 13.3. The molecule has 100 valence electrons. The van der Waals surface area contributed by atoms with Crippen LogP contribution in [0.5, 0.6) is 0 Å². The van der Waals surface area contributed by atoms with Gasteiger partial charge in [0.05, 0.1) is 19.9 Å². The number of ether oxygens (including phenoxy) is 2. The van der Waals surface area contributed by atoms with E-state index in [1.165, 1.54) is 24.9 Å². The van der Waals surface area contributed by atoms with Crippen LogP contribution >= 0.6 is 11.3 Å². The van der Waals surface area contributed by atoms with Crippen molar-refractivity contribution in [3.8, 4) is 0 Å². The molecule has 0 aromatic carbocycles. The van der Waals surface area contributed by atoms with E-state index < -0.39 is 0 Å². The van der Waals surface area contributed by atoms with Crippen LogP contribution in [0.4, 0.5) is 5.13 Å². The second-order valence-electron chi connectivity index (χ2n) is 4.41. The van der Waals surface area contributed by atoms with E-state index in [1.54, 1.807) is 13.3 Å². The summed E-state index contributed by atoms with van der Waals surface area (Å²) >= 11 is 1.39. The van der Waals surface area contributed by atoms with Crippen LogP contribution in [0.3, 0.4) is 0 Å². The molecule has 2 heterocycles. The molecule has 1 fully saturated rings. The summed E-state index contributed by atoms with van der Waals surface area (Å²) in [7, 11) is 3.12.